The third-order valence-electron chi connectivity index (χ3n) is 2.23. The predicted octanol–water partition coefficient (Wildman–Crippen LogP) is 1.65. The van der Waals surface area contributed by atoms with Gasteiger partial charge in [-0.05, 0) is 17.5 Å². The summed E-state index contributed by atoms with van der Waals surface area (Å²) in [6.45, 7) is 0. The number of nitro groups is 1. The molecular formula is C10H7BNO4. The minimum absolute atomic E-state index is 0.0196. The molecule has 2 aromatic carbocycles. The summed E-state index contributed by atoms with van der Waals surface area (Å²) < 4.78 is 4.70. The van der Waals surface area contributed by atoms with Crippen LogP contribution in [0, 0.1) is 10.1 Å². The first-order chi connectivity index (χ1) is 7.74. The van der Waals surface area contributed by atoms with Gasteiger partial charge in [0.2, 0.25) is 0 Å². The summed E-state index contributed by atoms with van der Waals surface area (Å²) in [5.41, 5.74) is -0.150. The second kappa shape index (κ2) is 4.20. The van der Waals surface area contributed by atoms with Crippen LogP contribution in [0.1, 0.15) is 0 Å². The summed E-state index contributed by atoms with van der Waals surface area (Å²) in [6, 6.07) is 10.1. The van der Waals surface area contributed by atoms with Crippen LogP contribution in [0.25, 0.3) is 10.8 Å². The molecule has 0 spiro atoms. The summed E-state index contributed by atoms with van der Waals surface area (Å²) in [5, 5.41) is 20.7. The zero-order chi connectivity index (χ0) is 11.5. The highest BCUT2D eigenvalue weighted by Gasteiger charge is 2.19. The van der Waals surface area contributed by atoms with Gasteiger partial charge < -0.3 is 9.68 Å². The minimum Gasteiger partial charge on any atom is -0.533 e. The van der Waals surface area contributed by atoms with Crippen LogP contribution in [-0.2, 0) is 0 Å². The lowest BCUT2D eigenvalue weighted by Crippen LogP contribution is -2.03. The molecule has 79 valence electrons. The fourth-order valence-corrected chi connectivity index (χ4v) is 1.58. The standard InChI is InChI=1S/C10H7BNO4/c13-11-16-9-6-5-7-3-1-2-4-8(7)10(9)12(14)15/h1-6,13H. The maximum absolute atomic E-state index is 10.9. The van der Waals surface area contributed by atoms with Gasteiger partial charge >= 0.3 is 13.4 Å². The highest BCUT2D eigenvalue weighted by molar-refractivity contribution is 6.17. The summed E-state index contributed by atoms with van der Waals surface area (Å²) in [4.78, 5) is 10.4. The average Bonchev–Trinajstić information content (AvgIpc) is 2.28. The normalized spacial score (nSPS) is 10.1. The minimum atomic E-state index is -0.527. The first kappa shape index (κ1) is 10.4. The molecule has 2 aromatic rings. The highest BCUT2D eigenvalue weighted by atomic mass is 16.6. The molecule has 0 heterocycles. The number of hydrogen-bond donors (Lipinski definition) is 1. The molecular weight excluding hydrogens is 209 g/mol. The third-order valence-corrected chi connectivity index (χ3v) is 2.23. The Labute approximate surface area is 91.7 Å². The first-order valence-corrected chi connectivity index (χ1v) is 4.52. The molecule has 0 atom stereocenters. The summed E-state index contributed by atoms with van der Waals surface area (Å²) in [7, 11) is 0.428. The van der Waals surface area contributed by atoms with Crippen LogP contribution in [0.2, 0.25) is 0 Å². The molecule has 2 rings (SSSR count). The van der Waals surface area contributed by atoms with Crippen LogP contribution in [0.5, 0.6) is 5.75 Å². The van der Waals surface area contributed by atoms with E-state index in [2.05, 4.69) is 0 Å². The zero-order valence-electron chi connectivity index (χ0n) is 8.16. The molecule has 1 N–H and O–H groups in total. The second-order valence-electron chi connectivity index (χ2n) is 3.11. The monoisotopic (exact) mass is 216 g/mol. The Hall–Kier alpha value is -2.08. The molecule has 0 fully saturated rings. The largest absolute Gasteiger partial charge is 0.569 e. The molecule has 0 saturated carbocycles. The summed E-state index contributed by atoms with van der Waals surface area (Å²) in [6.07, 6.45) is 0. The van der Waals surface area contributed by atoms with Crippen LogP contribution in [0.15, 0.2) is 36.4 Å². The van der Waals surface area contributed by atoms with Crippen LogP contribution in [0.3, 0.4) is 0 Å². The zero-order valence-corrected chi connectivity index (χ0v) is 8.16. The van der Waals surface area contributed by atoms with E-state index in [9.17, 15) is 10.1 Å². The van der Waals surface area contributed by atoms with E-state index in [0.717, 1.165) is 5.39 Å². The van der Waals surface area contributed by atoms with Crippen molar-refractivity contribution in [2.24, 2.45) is 0 Å². The number of nitro benzene ring substituents is 1. The Morgan fingerprint density at radius 1 is 1.25 bits per heavy atom. The Morgan fingerprint density at radius 2 is 2.00 bits per heavy atom. The van der Waals surface area contributed by atoms with Crippen LogP contribution in [0.4, 0.5) is 5.69 Å². The summed E-state index contributed by atoms with van der Waals surface area (Å²) >= 11 is 0. The van der Waals surface area contributed by atoms with Crippen molar-refractivity contribution in [3.8, 4) is 5.75 Å². The molecule has 0 aliphatic carbocycles. The lowest BCUT2D eigenvalue weighted by atomic mass is 10.1. The molecule has 0 amide bonds. The maximum atomic E-state index is 10.9. The number of rotatable bonds is 3. The van der Waals surface area contributed by atoms with Gasteiger partial charge in [0.25, 0.3) is 0 Å². The molecule has 16 heavy (non-hydrogen) atoms. The van der Waals surface area contributed by atoms with Crippen LogP contribution < -0.4 is 4.65 Å². The molecule has 0 aliphatic heterocycles. The van der Waals surface area contributed by atoms with Crippen molar-refractivity contribution in [1.82, 2.24) is 0 Å². The Bertz CT molecular complexity index is 543. The predicted molar refractivity (Wildman–Crippen MR) is 59.2 cm³/mol. The van der Waals surface area contributed by atoms with Crippen molar-refractivity contribution in [2.75, 3.05) is 0 Å². The molecule has 1 radical (unpaired) electrons. The molecule has 0 unspecified atom stereocenters. The fraction of sp³-hybridized carbons (Fsp3) is 0. The van der Waals surface area contributed by atoms with E-state index in [1.54, 1.807) is 30.3 Å². The Kier molecular flexibility index (Phi) is 2.74. The van der Waals surface area contributed by atoms with Crippen molar-refractivity contribution < 1.29 is 14.6 Å². The molecule has 0 bridgehead atoms. The van der Waals surface area contributed by atoms with Crippen LogP contribution in [-0.4, -0.2) is 17.6 Å². The Morgan fingerprint density at radius 3 is 2.69 bits per heavy atom. The number of benzene rings is 2. The van der Waals surface area contributed by atoms with Crippen LogP contribution >= 0.6 is 0 Å². The smallest absolute Gasteiger partial charge is 0.533 e. The van der Waals surface area contributed by atoms with Gasteiger partial charge in [-0.15, -0.1) is 0 Å². The number of nitrogens with zero attached hydrogens (tertiary/aromatic N) is 1. The van der Waals surface area contributed by atoms with Gasteiger partial charge in [-0.3, -0.25) is 10.1 Å². The van der Waals surface area contributed by atoms with Crippen molar-refractivity contribution in [1.29, 1.82) is 0 Å². The number of fused-ring (bicyclic) bond motifs is 1. The van der Waals surface area contributed by atoms with E-state index in [1.165, 1.54) is 6.07 Å². The van der Waals surface area contributed by atoms with E-state index in [1.807, 2.05) is 0 Å². The van der Waals surface area contributed by atoms with E-state index < -0.39 is 4.92 Å². The van der Waals surface area contributed by atoms with Crippen molar-refractivity contribution in [3.05, 3.63) is 46.5 Å². The summed E-state index contributed by atoms with van der Waals surface area (Å²) in [5.74, 6) is 0.0196. The van der Waals surface area contributed by atoms with Gasteiger partial charge in [-0.1, -0.05) is 24.3 Å². The van der Waals surface area contributed by atoms with Crippen molar-refractivity contribution in [2.45, 2.75) is 0 Å². The van der Waals surface area contributed by atoms with E-state index >= 15 is 0 Å². The van der Waals surface area contributed by atoms with Gasteiger partial charge in [0, 0.05) is 0 Å². The van der Waals surface area contributed by atoms with Gasteiger partial charge in [0.05, 0.1) is 10.3 Å². The topological polar surface area (TPSA) is 72.6 Å². The van der Waals surface area contributed by atoms with E-state index in [0.29, 0.717) is 13.1 Å². The van der Waals surface area contributed by atoms with Gasteiger partial charge in [-0.2, -0.15) is 0 Å². The van der Waals surface area contributed by atoms with E-state index in [4.69, 9.17) is 9.68 Å². The molecule has 0 aromatic heterocycles. The van der Waals surface area contributed by atoms with Gasteiger partial charge in [-0.25, -0.2) is 0 Å². The molecule has 5 nitrogen and oxygen atoms in total. The SMILES string of the molecule is O=[N+]([O-])c1c(O[B]O)ccc2ccccc12. The highest BCUT2D eigenvalue weighted by Crippen LogP contribution is 2.34. The van der Waals surface area contributed by atoms with Gasteiger partial charge in [0.15, 0.2) is 5.75 Å². The first-order valence-electron chi connectivity index (χ1n) is 4.52. The van der Waals surface area contributed by atoms with Gasteiger partial charge in [0.1, 0.15) is 0 Å². The van der Waals surface area contributed by atoms with E-state index in [-0.39, 0.29) is 11.4 Å². The molecule has 0 aliphatic rings. The second-order valence-corrected chi connectivity index (χ2v) is 3.11. The van der Waals surface area contributed by atoms with Crippen molar-refractivity contribution in [3.63, 3.8) is 0 Å². The maximum Gasteiger partial charge on any atom is 0.569 e. The quantitative estimate of drug-likeness (QED) is 0.480. The van der Waals surface area contributed by atoms with Crippen molar-refractivity contribution >= 4 is 24.1 Å². The molecule has 6 heteroatoms. The lowest BCUT2D eigenvalue weighted by molar-refractivity contribution is -0.383. The third kappa shape index (κ3) is 1.70. The average molecular weight is 216 g/mol. The Balaban J connectivity index is 2.73. The number of hydrogen-bond acceptors (Lipinski definition) is 4. The molecule has 0 saturated heterocycles. The lowest BCUT2D eigenvalue weighted by Gasteiger charge is -2.05. The fourth-order valence-electron chi connectivity index (χ4n) is 1.58.